The molecule has 0 bridgehead atoms. The Morgan fingerprint density at radius 1 is 1.69 bits per heavy atom. The van der Waals surface area contributed by atoms with Crippen LogP contribution in [0.4, 0.5) is 0 Å². The molecule has 0 saturated heterocycles. The van der Waals surface area contributed by atoms with Crippen molar-refractivity contribution in [2.24, 2.45) is 0 Å². The van der Waals surface area contributed by atoms with Crippen LogP contribution >= 0.6 is 0 Å². The molecule has 1 heterocycles. The topological polar surface area (TPSA) is 67.2 Å². The minimum atomic E-state index is -0.376. The van der Waals surface area contributed by atoms with Gasteiger partial charge in [0.2, 0.25) is 5.91 Å². The van der Waals surface area contributed by atoms with E-state index in [2.05, 4.69) is 10.4 Å². The Morgan fingerprint density at radius 3 is 2.88 bits per heavy atom. The Hall–Kier alpha value is -1.36. The molecule has 88 valence electrons. The molecular weight excluding hydrogens is 206 g/mol. The van der Waals surface area contributed by atoms with Crippen LogP contribution < -0.4 is 5.32 Å². The summed E-state index contributed by atoms with van der Waals surface area (Å²) in [6.45, 7) is 1.82. The molecule has 16 heavy (non-hydrogen) atoms. The normalized spacial score (nSPS) is 19.9. The van der Waals surface area contributed by atoms with E-state index >= 15 is 0 Å². The largest absolute Gasteiger partial charge is 0.394 e. The molecule has 1 amide bonds. The van der Waals surface area contributed by atoms with Crippen LogP contribution in [0.3, 0.4) is 0 Å². The van der Waals surface area contributed by atoms with E-state index in [1.807, 2.05) is 0 Å². The summed E-state index contributed by atoms with van der Waals surface area (Å²) in [5.74, 6) is -0.0857. The average Bonchev–Trinajstić information content (AvgIpc) is 2.75. The monoisotopic (exact) mass is 223 g/mol. The first-order valence-electron chi connectivity index (χ1n) is 5.59. The number of aliphatic hydroxyl groups is 1. The number of hydrogen-bond donors (Lipinski definition) is 2. The van der Waals surface area contributed by atoms with Crippen molar-refractivity contribution in [2.75, 3.05) is 6.61 Å². The maximum absolute atomic E-state index is 11.9. The van der Waals surface area contributed by atoms with E-state index in [4.69, 9.17) is 0 Å². The van der Waals surface area contributed by atoms with Gasteiger partial charge in [0.15, 0.2) is 0 Å². The minimum absolute atomic E-state index is 0.0184. The molecule has 2 N–H and O–H groups in total. The molecule has 0 aromatic carbocycles. The van der Waals surface area contributed by atoms with E-state index in [0.717, 1.165) is 19.3 Å². The Labute approximate surface area is 94.5 Å². The fraction of sp³-hybridized carbons (Fsp3) is 0.636. The van der Waals surface area contributed by atoms with Crippen LogP contribution in [0.2, 0.25) is 0 Å². The first-order valence-corrected chi connectivity index (χ1v) is 5.59. The van der Waals surface area contributed by atoms with Crippen LogP contribution in [0, 0.1) is 0 Å². The van der Waals surface area contributed by atoms with Crippen LogP contribution in [-0.4, -0.2) is 32.9 Å². The Kier molecular flexibility index (Phi) is 2.96. The Morgan fingerprint density at radius 2 is 2.44 bits per heavy atom. The summed E-state index contributed by atoms with van der Waals surface area (Å²) in [6, 6.07) is 1.45. The van der Waals surface area contributed by atoms with Gasteiger partial charge in [-0.05, 0) is 32.3 Å². The zero-order valence-corrected chi connectivity index (χ0v) is 9.39. The highest BCUT2D eigenvalue weighted by molar-refractivity contribution is 5.80. The SMILES string of the molecule is CC(C(=O)NC1(CO)CCC1)n1cccn1. The van der Waals surface area contributed by atoms with Gasteiger partial charge in [-0.1, -0.05) is 0 Å². The summed E-state index contributed by atoms with van der Waals surface area (Å²) in [4.78, 5) is 11.9. The summed E-state index contributed by atoms with van der Waals surface area (Å²) in [5, 5.41) is 16.2. The van der Waals surface area contributed by atoms with E-state index in [9.17, 15) is 9.90 Å². The van der Waals surface area contributed by atoms with Gasteiger partial charge in [-0.15, -0.1) is 0 Å². The number of nitrogens with zero attached hydrogens (tertiary/aromatic N) is 2. The van der Waals surface area contributed by atoms with Gasteiger partial charge in [0.25, 0.3) is 0 Å². The molecule has 1 fully saturated rings. The average molecular weight is 223 g/mol. The minimum Gasteiger partial charge on any atom is -0.394 e. The Bertz CT molecular complexity index is 352. The number of rotatable bonds is 4. The lowest BCUT2D eigenvalue weighted by Gasteiger charge is -2.41. The molecular formula is C11H17N3O2. The summed E-state index contributed by atoms with van der Waals surface area (Å²) in [6.07, 6.45) is 6.20. The molecule has 1 aromatic heterocycles. The maximum Gasteiger partial charge on any atom is 0.245 e. The zero-order chi connectivity index (χ0) is 11.6. The molecule has 0 radical (unpaired) electrons. The van der Waals surface area contributed by atoms with Gasteiger partial charge < -0.3 is 10.4 Å². The third-order valence-electron chi connectivity index (χ3n) is 3.30. The van der Waals surface area contributed by atoms with Crippen molar-refractivity contribution in [3.05, 3.63) is 18.5 Å². The van der Waals surface area contributed by atoms with Crippen LogP contribution in [0.5, 0.6) is 0 Å². The van der Waals surface area contributed by atoms with Gasteiger partial charge in [0, 0.05) is 12.4 Å². The summed E-state index contributed by atoms with van der Waals surface area (Å²) >= 11 is 0. The number of carbonyl (C=O) groups excluding carboxylic acids is 1. The van der Waals surface area contributed by atoms with E-state index in [1.54, 1.807) is 30.1 Å². The van der Waals surface area contributed by atoms with Crippen molar-refractivity contribution < 1.29 is 9.90 Å². The molecule has 1 aliphatic rings. The van der Waals surface area contributed by atoms with E-state index in [1.165, 1.54) is 0 Å². The quantitative estimate of drug-likeness (QED) is 0.780. The molecule has 5 nitrogen and oxygen atoms in total. The third-order valence-corrected chi connectivity index (χ3v) is 3.30. The molecule has 5 heteroatoms. The van der Waals surface area contributed by atoms with Crippen molar-refractivity contribution in [3.63, 3.8) is 0 Å². The summed E-state index contributed by atoms with van der Waals surface area (Å²) in [7, 11) is 0. The standard InChI is InChI=1S/C11H17N3O2/c1-9(14-7-3-6-12-14)10(16)13-11(8-15)4-2-5-11/h3,6-7,9,15H,2,4-5,8H2,1H3,(H,13,16). The lowest BCUT2D eigenvalue weighted by Crippen LogP contribution is -2.57. The van der Waals surface area contributed by atoms with Gasteiger partial charge in [-0.25, -0.2) is 0 Å². The molecule has 1 aromatic rings. The molecule has 0 spiro atoms. The predicted octanol–water partition coefficient (Wildman–Crippen LogP) is 0.475. The second-order valence-electron chi connectivity index (χ2n) is 4.44. The molecule has 2 rings (SSSR count). The number of carbonyl (C=O) groups is 1. The molecule has 1 saturated carbocycles. The third kappa shape index (κ3) is 1.95. The molecule has 0 aliphatic heterocycles. The number of aliphatic hydroxyl groups excluding tert-OH is 1. The first-order chi connectivity index (χ1) is 7.67. The van der Waals surface area contributed by atoms with Gasteiger partial charge in [-0.2, -0.15) is 5.10 Å². The van der Waals surface area contributed by atoms with Crippen molar-refractivity contribution in [2.45, 2.75) is 37.8 Å². The highest BCUT2D eigenvalue weighted by Crippen LogP contribution is 2.31. The van der Waals surface area contributed by atoms with Gasteiger partial charge in [0.1, 0.15) is 6.04 Å². The molecule has 1 aliphatic carbocycles. The van der Waals surface area contributed by atoms with Gasteiger partial charge >= 0.3 is 0 Å². The Balaban J connectivity index is 1.98. The highest BCUT2D eigenvalue weighted by Gasteiger charge is 2.38. The van der Waals surface area contributed by atoms with Crippen LogP contribution in [0.1, 0.15) is 32.2 Å². The van der Waals surface area contributed by atoms with Crippen molar-refractivity contribution in [1.82, 2.24) is 15.1 Å². The maximum atomic E-state index is 11.9. The second kappa shape index (κ2) is 4.25. The van der Waals surface area contributed by atoms with Crippen LogP contribution in [0.15, 0.2) is 18.5 Å². The number of nitrogens with one attached hydrogen (secondary N) is 1. The van der Waals surface area contributed by atoms with Gasteiger partial charge in [0.05, 0.1) is 12.1 Å². The highest BCUT2D eigenvalue weighted by atomic mass is 16.3. The number of aromatic nitrogens is 2. The number of amides is 1. The fourth-order valence-corrected chi connectivity index (χ4v) is 1.92. The molecule has 1 atom stereocenters. The smallest absolute Gasteiger partial charge is 0.245 e. The predicted molar refractivity (Wildman–Crippen MR) is 58.7 cm³/mol. The first kappa shape index (κ1) is 11.1. The van der Waals surface area contributed by atoms with E-state index in [-0.39, 0.29) is 24.1 Å². The fourth-order valence-electron chi connectivity index (χ4n) is 1.92. The lowest BCUT2D eigenvalue weighted by molar-refractivity contribution is -0.128. The van der Waals surface area contributed by atoms with E-state index < -0.39 is 0 Å². The van der Waals surface area contributed by atoms with Crippen molar-refractivity contribution in [1.29, 1.82) is 0 Å². The van der Waals surface area contributed by atoms with Crippen molar-refractivity contribution >= 4 is 5.91 Å². The summed E-state index contributed by atoms with van der Waals surface area (Å²) in [5.41, 5.74) is -0.376. The van der Waals surface area contributed by atoms with E-state index in [0.29, 0.717) is 0 Å². The van der Waals surface area contributed by atoms with Crippen molar-refractivity contribution in [3.8, 4) is 0 Å². The number of hydrogen-bond acceptors (Lipinski definition) is 3. The lowest BCUT2D eigenvalue weighted by atomic mass is 9.77. The summed E-state index contributed by atoms with van der Waals surface area (Å²) < 4.78 is 1.61. The molecule has 1 unspecified atom stereocenters. The zero-order valence-electron chi connectivity index (χ0n) is 9.39. The van der Waals surface area contributed by atoms with Crippen LogP contribution in [0.25, 0.3) is 0 Å². The van der Waals surface area contributed by atoms with Gasteiger partial charge in [-0.3, -0.25) is 9.48 Å². The van der Waals surface area contributed by atoms with Crippen LogP contribution in [-0.2, 0) is 4.79 Å². The second-order valence-corrected chi connectivity index (χ2v) is 4.44.